The Morgan fingerprint density at radius 2 is 1.12 bits per heavy atom. The zero-order valence-corrected chi connectivity index (χ0v) is 15.7. The molecular formula is C16H28N4O6. The van der Waals surface area contributed by atoms with Crippen LogP contribution in [0.1, 0.15) is 12.8 Å². The molecule has 0 aliphatic rings. The normalized spacial score (nSPS) is 10.2. The van der Waals surface area contributed by atoms with Crippen molar-refractivity contribution in [3.05, 3.63) is 12.2 Å². The Bertz CT molecular complexity index is 465. The van der Waals surface area contributed by atoms with Gasteiger partial charge in [-0.2, -0.15) is 0 Å². The summed E-state index contributed by atoms with van der Waals surface area (Å²) in [5.41, 5.74) is 0. The summed E-state index contributed by atoms with van der Waals surface area (Å²) < 4.78 is 9.82. The van der Waals surface area contributed by atoms with Crippen molar-refractivity contribution < 1.29 is 28.7 Å². The van der Waals surface area contributed by atoms with Crippen LogP contribution in [0.5, 0.6) is 0 Å². The van der Waals surface area contributed by atoms with Crippen LogP contribution >= 0.6 is 0 Å². The van der Waals surface area contributed by atoms with Gasteiger partial charge >= 0.3 is 24.0 Å². The van der Waals surface area contributed by atoms with Crippen LogP contribution in [-0.2, 0) is 19.1 Å². The molecule has 2 N–H and O–H groups in total. The number of rotatable bonds is 10. The van der Waals surface area contributed by atoms with Gasteiger partial charge in [0.15, 0.2) is 0 Å². The third-order valence-corrected chi connectivity index (χ3v) is 3.24. The van der Waals surface area contributed by atoms with Crippen LogP contribution in [0, 0.1) is 0 Å². The maximum absolute atomic E-state index is 11.4. The lowest BCUT2D eigenvalue weighted by Crippen LogP contribution is -2.35. The van der Waals surface area contributed by atoms with E-state index in [1.807, 2.05) is 0 Å². The summed E-state index contributed by atoms with van der Waals surface area (Å²) in [6.07, 6.45) is 2.93. The summed E-state index contributed by atoms with van der Waals surface area (Å²) in [4.78, 5) is 48.3. The minimum Gasteiger partial charge on any atom is -0.462 e. The van der Waals surface area contributed by atoms with Gasteiger partial charge in [0.1, 0.15) is 0 Å². The van der Waals surface area contributed by atoms with E-state index in [0.29, 0.717) is 25.9 Å². The highest BCUT2D eigenvalue weighted by Gasteiger charge is 2.07. The molecule has 10 heteroatoms. The summed E-state index contributed by atoms with van der Waals surface area (Å²) in [7, 11) is 6.32. The van der Waals surface area contributed by atoms with Crippen molar-refractivity contribution >= 4 is 24.0 Å². The third-order valence-electron chi connectivity index (χ3n) is 3.24. The first-order valence-electron chi connectivity index (χ1n) is 8.19. The summed E-state index contributed by atoms with van der Waals surface area (Å²) in [6.45, 7) is 1.13. The largest absolute Gasteiger partial charge is 0.462 e. The van der Waals surface area contributed by atoms with Crippen molar-refractivity contribution in [1.82, 2.24) is 20.4 Å². The van der Waals surface area contributed by atoms with Crippen LogP contribution in [0.3, 0.4) is 0 Å². The van der Waals surface area contributed by atoms with Gasteiger partial charge < -0.3 is 29.9 Å². The van der Waals surface area contributed by atoms with Gasteiger partial charge in [0.2, 0.25) is 0 Å². The first-order valence-corrected chi connectivity index (χ1v) is 8.19. The van der Waals surface area contributed by atoms with Gasteiger partial charge in [-0.3, -0.25) is 0 Å². The number of carbonyl (C=O) groups is 4. The van der Waals surface area contributed by atoms with Gasteiger partial charge in [0.05, 0.1) is 13.2 Å². The quantitative estimate of drug-likeness (QED) is 0.315. The second-order valence-electron chi connectivity index (χ2n) is 5.33. The molecule has 0 atom stereocenters. The SMILES string of the molecule is CNC(=O)N(C)CCCOC(=O)/C=C/C(=O)OCCCN(C)C(=O)NC. The van der Waals surface area contributed by atoms with Crippen LogP contribution in [0.2, 0.25) is 0 Å². The van der Waals surface area contributed by atoms with E-state index in [1.54, 1.807) is 14.1 Å². The Morgan fingerprint density at radius 3 is 1.42 bits per heavy atom. The van der Waals surface area contributed by atoms with E-state index in [-0.39, 0.29) is 25.3 Å². The molecule has 0 radical (unpaired) electrons. The Morgan fingerprint density at radius 1 is 0.769 bits per heavy atom. The van der Waals surface area contributed by atoms with E-state index >= 15 is 0 Å². The summed E-state index contributed by atoms with van der Waals surface area (Å²) >= 11 is 0. The van der Waals surface area contributed by atoms with Crippen LogP contribution in [0.25, 0.3) is 0 Å². The summed E-state index contributed by atoms with van der Waals surface area (Å²) in [5, 5.41) is 4.95. The fraction of sp³-hybridized carbons (Fsp3) is 0.625. The van der Waals surface area contributed by atoms with E-state index in [9.17, 15) is 19.2 Å². The highest BCUT2D eigenvalue weighted by Crippen LogP contribution is 1.93. The van der Waals surface area contributed by atoms with Crippen LogP contribution < -0.4 is 10.6 Å². The topological polar surface area (TPSA) is 117 Å². The lowest BCUT2D eigenvalue weighted by Gasteiger charge is -2.15. The molecule has 0 rings (SSSR count). The summed E-state index contributed by atoms with van der Waals surface area (Å²) in [6, 6.07) is -0.444. The summed E-state index contributed by atoms with van der Waals surface area (Å²) in [5.74, 6) is -1.33. The second-order valence-corrected chi connectivity index (χ2v) is 5.33. The molecule has 0 aromatic rings. The number of hydrogen-bond acceptors (Lipinski definition) is 6. The smallest absolute Gasteiger partial charge is 0.331 e. The van der Waals surface area contributed by atoms with Crippen molar-refractivity contribution in [2.45, 2.75) is 12.8 Å². The van der Waals surface area contributed by atoms with E-state index in [4.69, 9.17) is 9.47 Å². The molecule has 0 bridgehead atoms. The predicted molar refractivity (Wildman–Crippen MR) is 94.5 cm³/mol. The second kappa shape index (κ2) is 13.5. The Kier molecular flexibility index (Phi) is 12.1. The number of amides is 4. The molecule has 0 aromatic heterocycles. The van der Waals surface area contributed by atoms with Gasteiger partial charge in [0, 0.05) is 53.4 Å². The molecule has 4 amide bonds. The fourth-order valence-corrected chi connectivity index (χ4v) is 1.77. The molecule has 0 unspecified atom stereocenters. The molecule has 0 spiro atoms. The number of nitrogens with one attached hydrogen (secondary N) is 2. The maximum atomic E-state index is 11.4. The van der Waals surface area contributed by atoms with Crippen molar-refractivity contribution in [3.8, 4) is 0 Å². The number of urea groups is 2. The Labute approximate surface area is 153 Å². The highest BCUT2D eigenvalue weighted by molar-refractivity contribution is 5.91. The van der Waals surface area contributed by atoms with E-state index in [2.05, 4.69) is 10.6 Å². The van der Waals surface area contributed by atoms with Crippen molar-refractivity contribution in [1.29, 1.82) is 0 Å². The zero-order valence-electron chi connectivity index (χ0n) is 15.7. The van der Waals surface area contributed by atoms with Gasteiger partial charge in [-0.05, 0) is 12.8 Å². The van der Waals surface area contributed by atoms with Gasteiger partial charge in [-0.25, -0.2) is 19.2 Å². The number of carbonyl (C=O) groups excluding carboxylic acids is 4. The molecule has 0 saturated carbocycles. The number of esters is 2. The molecule has 0 heterocycles. The molecule has 0 aromatic carbocycles. The fourth-order valence-electron chi connectivity index (χ4n) is 1.77. The molecule has 0 fully saturated rings. The zero-order chi connectivity index (χ0) is 19.9. The van der Waals surface area contributed by atoms with Crippen molar-refractivity contribution in [2.24, 2.45) is 0 Å². The van der Waals surface area contributed by atoms with E-state index in [0.717, 1.165) is 12.2 Å². The average Bonchev–Trinajstić information content (AvgIpc) is 2.64. The van der Waals surface area contributed by atoms with Crippen LogP contribution in [0.4, 0.5) is 9.59 Å². The van der Waals surface area contributed by atoms with E-state index in [1.165, 1.54) is 23.9 Å². The third kappa shape index (κ3) is 10.9. The molecule has 0 aliphatic heterocycles. The lowest BCUT2D eigenvalue weighted by molar-refractivity contribution is -0.140. The molecule has 0 aliphatic carbocycles. The minimum absolute atomic E-state index is 0.130. The monoisotopic (exact) mass is 372 g/mol. The number of ether oxygens (including phenoxy) is 2. The Balaban J connectivity index is 3.84. The van der Waals surface area contributed by atoms with Crippen molar-refractivity contribution in [2.75, 3.05) is 54.5 Å². The first kappa shape index (κ1) is 23.2. The van der Waals surface area contributed by atoms with Crippen molar-refractivity contribution in [3.63, 3.8) is 0 Å². The minimum atomic E-state index is -0.663. The molecule has 0 saturated heterocycles. The standard InChI is InChI=1S/C16H28N4O6/c1-17-15(23)19(3)9-5-11-25-13(21)7-8-14(22)26-12-6-10-20(4)16(24)18-2/h7-8H,5-6,9-12H2,1-4H3,(H,17,23)(H,18,24)/b8-7+. The van der Waals surface area contributed by atoms with Crippen LogP contribution in [-0.4, -0.2) is 88.3 Å². The molecular weight excluding hydrogens is 344 g/mol. The maximum Gasteiger partial charge on any atom is 0.331 e. The number of nitrogens with zero attached hydrogens (tertiary/aromatic N) is 2. The molecule has 148 valence electrons. The average molecular weight is 372 g/mol. The van der Waals surface area contributed by atoms with E-state index < -0.39 is 11.9 Å². The predicted octanol–water partition coefficient (Wildman–Crippen LogP) is -0.0484. The van der Waals surface area contributed by atoms with Crippen LogP contribution in [0.15, 0.2) is 12.2 Å². The van der Waals surface area contributed by atoms with Gasteiger partial charge in [0.25, 0.3) is 0 Å². The lowest BCUT2D eigenvalue weighted by atomic mass is 10.4. The molecule has 26 heavy (non-hydrogen) atoms. The number of hydrogen-bond donors (Lipinski definition) is 2. The Hall–Kier alpha value is -2.78. The van der Waals surface area contributed by atoms with Gasteiger partial charge in [-0.15, -0.1) is 0 Å². The first-order chi connectivity index (χ1) is 12.3. The molecule has 10 nitrogen and oxygen atoms in total. The van der Waals surface area contributed by atoms with Gasteiger partial charge in [-0.1, -0.05) is 0 Å². The highest BCUT2D eigenvalue weighted by atomic mass is 16.5.